The van der Waals surface area contributed by atoms with Crippen LogP contribution in [-0.4, -0.2) is 61.7 Å². The summed E-state index contributed by atoms with van der Waals surface area (Å²) < 4.78 is 10.1. The third-order valence-corrected chi connectivity index (χ3v) is 8.06. The first-order chi connectivity index (χ1) is 14.3. The lowest BCUT2D eigenvalue weighted by Gasteiger charge is -2.54. The van der Waals surface area contributed by atoms with Gasteiger partial charge in [0.1, 0.15) is 5.75 Å². The highest BCUT2D eigenvalue weighted by molar-refractivity contribution is 5.81. The van der Waals surface area contributed by atoms with Gasteiger partial charge >= 0.3 is 6.09 Å². The Bertz CT molecular complexity index is 784. The van der Waals surface area contributed by atoms with Crippen molar-refractivity contribution in [3.63, 3.8) is 0 Å². The average molecular weight is 415 g/mol. The van der Waals surface area contributed by atoms with Gasteiger partial charge in [-0.15, -0.1) is 0 Å². The summed E-state index contributed by atoms with van der Waals surface area (Å²) in [5.41, 5.74) is 1.55. The van der Waals surface area contributed by atoms with Crippen molar-refractivity contribution in [1.29, 1.82) is 0 Å². The van der Waals surface area contributed by atoms with E-state index in [1.807, 2.05) is 19.1 Å². The number of ether oxygens (including phenoxy) is 2. The maximum Gasteiger partial charge on any atom is 0.409 e. The van der Waals surface area contributed by atoms with E-state index in [0.29, 0.717) is 11.3 Å². The van der Waals surface area contributed by atoms with Crippen molar-refractivity contribution in [3.8, 4) is 5.75 Å². The number of benzene rings is 1. The monoisotopic (exact) mass is 414 g/mol. The van der Waals surface area contributed by atoms with Crippen molar-refractivity contribution < 1.29 is 19.1 Å². The fourth-order valence-corrected chi connectivity index (χ4v) is 5.77. The predicted molar refractivity (Wildman–Crippen MR) is 115 cm³/mol. The number of carbonyl (C=O) groups excluding carboxylic acids is 2. The zero-order chi connectivity index (χ0) is 21.5. The van der Waals surface area contributed by atoms with Gasteiger partial charge in [-0.1, -0.05) is 12.1 Å². The Morgan fingerprint density at radius 2 is 1.63 bits per heavy atom. The van der Waals surface area contributed by atoms with Crippen molar-refractivity contribution >= 4 is 12.0 Å². The summed E-state index contributed by atoms with van der Waals surface area (Å²) in [5.74, 6) is 1.85. The van der Waals surface area contributed by atoms with Crippen molar-refractivity contribution in [2.24, 2.45) is 11.3 Å². The number of rotatable bonds is 4. The smallest absolute Gasteiger partial charge is 0.409 e. The van der Waals surface area contributed by atoms with Crippen LogP contribution >= 0.6 is 0 Å². The number of likely N-dealkylation sites (tertiary alicyclic amines) is 1. The number of hydrogen-bond donors (Lipinski definition) is 0. The summed E-state index contributed by atoms with van der Waals surface area (Å²) in [7, 11) is 4.85. The molecule has 2 amide bonds. The van der Waals surface area contributed by atoms with E-state index in [4.69, 9.17) is 9.47 Å². The Balaban J connectivity index is 1.24. The first-order valence-corrected chi connectivity index (χ1v) is 11.0. The van der Waals surface area contributed by atoms with Gasteiger partial charge in [0.25, 0.3) is 0 Å². The zero-order valence-electron chi connectivity index (χ0n) is 18.6. The maximum absolute atomic E-state index is 13.0. The second-order valence-corrected chi connectivity index (χ2v) is 9.83. The van der Waals surface area contributed by atoms with Crippen molar-refractivity contribution in [2.75, 3.05) is 34.4 Å². The van der Waals surface area contributed by atoms with Crippen LogP contribution in [0.3, 0.4) is 0 Å². The van der Waals surface area contributed by atoms with E-state index in [9.17, 15) is 9.59 Å². The quantitative estimate of drug-likeness (QED) is 0.746. The molecule has 1 aromatic carbocycles. The van der Waals surface area contributed by atoms with E-state index >= 15 is 0 Å². The molecule has 1 heterocycles. The summed E-state index contributed by atoms with van der Waals surface area (Å²) in [6.07, 6.45) is 5.78. The van der Waals surface area contributed by atoms with Crippen LogP contribution in [0, 0.1) is 11.3 Å². The Hall–Kier alpha value is -2.24. The second kappa shape index (κ2) is 7.78. The van der Waals surface area contributed by atoms with Gasteiger partial charge in [-0.3, -0.25) is 4.79 Å². The molecule has 2 aliphatic carbocycles. The normalized spacial score (nSPS) is 27.7. The van der Waals surface area contributed by atoms with E-state index in [-0.39, 0.29) is 23.5 Å². The molecule has 0 N–H and O–H groups in total. The van der Waals surface area contributed by atoms with Crippen LogP contribution in [0.25, 0.3) is 0 Å². The number of hydrogen-bond acceptors (Lipinski definition) is 4. The molecule has 3 fully saturated rings. The van der Waals surface area contributed by atoms with Crippen LogP contribution in [0.4, 0.5) is 4.79 Å². The average Bonchev–Trinajstić information content (AvgIpc) is 2.73. The third-order valence-electron chi connectivity index (χ3n) is 8.06. The molecular formula is C24H34N2O4. The lowest BCUT2D eigenvalue weighted by atomic mass is 9.56. The van der Waals surface area contributed by atoms with Gasteiger partial charge < -0.3 is 19.3 Å². The SMILES string of the molecule is COC(=O)N(C)[C@]1(C)C[C@H](C(=O)N2CCC3(CC2)CC(c2ccc(OC)cc2)C3)C1. The predicted octanol–water partition coefficient (Wildman–Crippen LogP) is 4.05. The van der Waals surface area contributed by atoms with E-state index in [1.54, 1.807) is 19.1 Å². The molecule has 0 radical (unpaired) electrons. The van der Waals surface area contributed by atoms with Crippen LogP contribution in [0.15, 0.2) is 24.3 Å². The van der Waals surface area contributed by atoms with E-state index in [2.05, 4.69) is 17.0 Å². The van der Waals surface area contributed by atoms with Crippen LogP contribution in [0.1, 0.15) is 56.9 Å². The number of piperidine rings is 1. The van der Waals surface area contributed by atoms with Gasteiger partial charge in [0.2, 0.25) is 5.91 Å². The summed E-state index contributed by atoms with van der Waals surface area (Å²) in [6.45, 7) is 3.77. The lowest BCUT2D eigenvalue weighted by Crippen LogP contribution is -2.60. The largest absolute Gasteiger partial charge is 0.497 e. The molecule has 1 aromatic rings. The van der Waals surface area contributed by atoms with Crippen molar-refractivity contribution in [1.82, 2.24) is 9.80 Å². The first-order valence-electron chi connectivity index (χ1n) is 11.0. The molecule has 4 rings (SSSR count). The Morgan fingerprint density at radius 3 is 2.17 bits per heavy atom. The summed E-state index contributed by atoms with van der Waals surface area (Å²) in [6, 6.07) is 8.47. The second-order valence-electron chi connectivity index (χ2n) is 9.83. The molecule has 0 bridgehead atoms. The van der Waals surface area contributed by atoms with Gasteiger partial charge in [-0.2, -0.15) is 0 Å². The van der Waals surface area contributed by atoms with E-state index in [1.165, 1.54) is 25.5 Å². The minimum absolute atomic E-state index is 0.0320. The Labute approximate surface area is 179 Å². The topological polar surface area (TPSA) is 59.1 Å². The fraction of sp³-hybridized carbons (Fsp3) is 0.667. The number of nitrogens with zero attached hydrogens (tertiary/aromatic N) is 2. The molecule has 0 unspecified atom stereocenters. The van der Waals surface area contributed by atoms with Crippen molar-refractivity contribution in [3.05, 3.63) is 29.8 Å². The minimum Gasteiger partial charge on any atom is -0.497 e. The summed E-state index contributed by atoms with van der Waals surface area (Å²) in [5, 5.41) is 0. The highest BCUT2D eigenvalue weighted by Gasteiger charge is 2.51. The first kappa shape index (κ1) is 21.0. The van der Waals surface area contributed by atoms with Crippen LogP contribution in [-0.2, 0) is 9.53 Å². The molecule has 2 saturated carbocycles. The van der Waals surface area contributed by atoms with Gasteiger partial charge in [-0.25, -0.2) is 4.79 Å². The number of methoxy groups -OCH3 is 2. The Kier molecular flexibility index (Phi) is 5.45. The lowest BCUT2D eigenvalue weighted by molar-refractivity contribution is -0.147. The van der Waals surface area contributed by atoms with Gasteiger partial charge in [0, 0.05) is 31.6 Å². The minimum atomic E-state index is -0.334. The molecule has 3 aliphatic rings. The molecular weight excluding hydrogens is 380 g/mol. The van der Waals surface area contributed by atoms with Crippen LogP contribution in [0.2, 0.25) is 0 Å². The van der Waals surface area contributed by atoms with Crippen molar-refractivity contribution in [2.45, 2.75) is 56.9 Å². The molecule has 0 aromatic heterocycles. The van der Waals surface area contributed by atoms with E-state index < -0.39 is 0 Å². The molecule has 1 aliphatic heterocycles. The number of amides is 2. The zero-order valence-corrected chi connectivity index (χ0v) is 18.6. The molecule has 30 heavy (non-hydrogen) atoms. The highest BCUT2D eigenvalue weighted by atomic mass is 16.5. The maximum atomic E-state index is 13.0. The highest BCUT2D eigenvalue weighted by Crippen LogP contribution is 2.57. The standard InChI is InChI=1S/C24H34N2O4/c1-23(25(2)22(28)30-4)13-19(14-23)21(27)26-11-9-24(10-12-26)15-18(16-24)17-5-7-20(29-3)8-6-17/h5-8,18-19H,9-16H2,1-4H3/t19-,23+. The fourth-order valence-electron chi connectivity index (χ4n) is 5.77. The van der Waals surface area contributed by atoms with Crippen LogP contribution < -0.4 is 4.74 Å². The number of carbonyl (C=O) groups is 2. The molecule has 6 nitrogen and oxygen atoms in total. The summed E-state index contributed by atoms with van der Waals surface area (Å²) in [4.78, 5) is 28.5. The molecule has 164 valence electrons. The molecule has 0 atom stereocenters. The third kappa shape index (κ3) is 3.65. The van der Waals surface area contributed by atoms with Gasteiger partial charge in [0.05, 0.1) is 14.2 Å². The molecule has 6 heteroatoms. The summed E-state index contributed by atoms with van der Waals surface area (Å²) >= 11 is 0. The van der Waals surface area contributed by atoms with E-state index in [0.717, 1.165) is 44.5 Å². The van der Waals surface area contributed by atoms with Gasteiger partial charge in [-0.05, 0) is 74.5 Å². The van der Waals surface area contributed by atoms with Gasteiger partial charge in [0.15, 0.2) is 0 Å². The molecule has 1 spiro atoms. The Morgan fingerprint density at radius 1 is 1.03 bits per heavy atom. The van der Waals surface area contributed by atoms with Crippen LogP contribution in [0.5, 0.6) is 5.75 Å². The molecule has 1 saturated heterocycles.